The molecule has 35 heavy (non-hydrogen) atoms. The second-order valence-electron chi connectivity index (χ2n) is 8.16. The Bertz CT molecular complexity index is 1420. The second-order valence-corrected chi connectivity index (χ2v) is 8.16. The Labute approximate surface area is 198 Å². The van der Waals surface area contributed by atoms with E-state index >= 15 is 4.39 Å². The molecule has 11 heteroatoms. The van der Waals surface area contributed by atoms with Crippen LogP contribution in [-0.2, 0) is 13.6 Å². The predicted molar refractivity (Wildman–Crippen MR) is 125 cm³/mol. The van der Waals surface area contributed by atoms with Gasteiger partial charge in [-0.05, 0) is 35.9 Å². The number of aryl methyl sites for hydroxylation is 1. The highest BCUT2D eigenvalue weighted by Gasteiger charge is 2.30. The zero-order valence-electron chi connectivity index (χ0n) is 18.7. The van der Waals surface area contributed by atoms with Gasteiger partial charge in [-0.25, -0.2) is 19.2 Å². The molecule has 8 nitrogen and oxygen atoms in total. The fourth-order valence-electron chi connectivity index (χ4n) is 4.34. The van der Waals surface area contributed by atoms with Crippen molar-refractivity contribution in [2.45, 2.75) is 13.2 Å². The molecule has 0 radical (unpaired) electrons. The maximum Gasteiger partial charge on any atom is 0.387 e. The van der Waals surface area contributed by atoms with E-state index in [1.54, 1.807) is 47.0 Å². The van der Waals surface area contributed by atoms with Gasteiger partial charge in [-0.15, -0.1) is 0 Å². The van der Waals surface area contributed by atoms with Gasteiger partial charge in [-0.1, -0.05) is 12.1 Å². The third-order valence-corrected chi connectivity index (χ3v) is 5.93. The molecule has 2 aromatic carbocycles. The van der Waals surface area contributed by atoms with Crippen LogP contribution >= 0.6 is 0 Å². The van der Waals surface area contributed by atoms with Crippen molar-refractivity contribution in [1.29, 1.82) is 0 Å². The lowest BCUT2D eigenvalue weighted by Crippen LogP contribution is -2.31. The maximum atomic E-state index is 15.3. The fraction of sp³-hybridized carbons (Fsp3) is 0.208. The van der Waals surface area contributed by atoms with Gasteiger partial charge in [-0.2, -0.15) is 8.78 Å². The van der Waals surface area contributed by atoms with Crippen LogP contribution in [0.15, 0.2) is 55.0 Å². The molecule has 1 fully saturated rings. The van der Waals surface area contributed by atoms with Crippen molar-refractivity contribution in [3.63, 3.8) is 0 Å². The van der Waals surface area contributed by atoms with Crippen LogP contribution in [0.3, 0.4) is 0 Å². The standard InChI is InChI=1S/C24H21F3N6O2/c1-31-12-18(20-21(28)29-13-30-22(20)31)17-6-5-15(10-19(17)25)33-8-7-32(24(33)34)11-14-3-2-4-16(9-14)35-23(26)27/h2-6,9-10,12-13,23H,7-8,11H2,1H3,(H2,28,29,30). The molecule has 0 saturated carbocycles. The molecule has 0 bridgehead atoms. The van der Waals surface area contributed by atoms with Gasteiger partial charge in [0.2, 0.25) is 0 Å². The van der Waals surface area contributed by atoms with Gasteiger partial charge in [0.1, 0.15) is 29.4 Å². The van der Waals surface area contributed by atoms with Gasteiger partial charge >= 0.3 is 12.6 Å². The Morgan fingerprint density at radius 3 is 2.71 bits per heavy atom. The van der Waals surface area contributed by atoms with Crippen LogP contribution in [0.1, 0.15) is 5.56 Å². The van der Waals surface area contributed by atoms with Crippen molar-refractivity contribution in [3.05, 3.63) is 66.4 Å². The molecule has 0 spiro atoms. The second kappa shape index (κ2) is 8.82. The first kappa shape index (κ1) is 22.5. The summed E-state index contributed by atoms with van der Waals surface area (Å²) in [5.41, 5.74) is 8.56. The smallest absolute Gasteiger partial charge is 0.387 e. The van der Waals surface area contributed by atoms with Gasteiger partial charge in [0.25, 0.3) is 0 Å². The maximum absolute atomic E-state index is 15.3. The molecule has 2 amide bonds. The van der Waals surface area contributed by atoms with E-state index in [2.05, 4.69) is 14.7 Å². The molecule has 0 atom stereocenters. The average Bonchev–Trinajstić information content (AvgIpc) is 3.34. The molecule has 5 rings (SSSR count). The summed E-state index contributed by atoms with van der Waals surface area (Å²) in [6, 6.07) is 10.5. The average molecular weight is 482 g/mol. The molecular weight excluding hydrogens is 461 g/mol. The Kier molecular flexibility index (Phi) is 5.67. The minimum Gasteiger partial charge on any atom is -0.435 e. The van der Waals surface area contributed by atoms with Crippen LogP contribution in [-0.4, -0.2) is 45.2 Å². The number of fused-ring (bicyclic) bond motifs is 1. The van der Waals surface area contributed by atoms with E-state index in [1.807, 2.05) is 0 Å². The Balaban J connectivity index is 1.37. The molecule has 2 aromatic heterocycles. The van der Waals surface area contributed by atoms with Gasteiger partial charge in [-0.3, -0.25) is 4.90 Å². The van der Waals surface area contributed by atoms with Crippen molar-refractivity contribution in [2.75, 3.05) is 23.7 Å². The molecule has 1 aliphatic rings. The lowest BCUT2D eigenvalue weighted by Gasteiger charge is -2.19. The number of amides is 2. The number of carbonyl (C=O) groups is 1. The molecule has 0 unspecified atom stereocenters. The van der Waals surface area contributed by atoms with Gasteiger partial charge < -0.3 is 19.9 Å². The van der Waals surface area contributed by atoms with E-state index in [0.717, 1.165) is 0 Å². The monoisotopic (exact) mass is 482 g/mol. The summed E-state index contributed by atoms with van der Waals surface area (Å²) in [6.07, 6.45) is 3.09. The highest BCUT2D eigenvalue weighted by atomic mass is 19.3. The number of nitrogen functional groups attached to an aromatic ring is 1. The van der Waals surface area contributed by atoms with Gasteiger partial charge in [0.15, 0.2) is 0 Å². The SMILES string of the molecule is Cn1cc(-c2ccc(N3CCN(Cc4cccc(OC(F)F)c4)C3=O)cc2F)c2c(N)ncnc21. The number of nitrogens with two attached hydrogens (primary N) is 1. The van der Waals surface area contributed by atoms with Crippen molar-refractivity contribution in [2.24, 2.45) is 7.05 Å². The zero-order chi connectivity index (χ0) is 24.7. The number of nitrogens with zero attached hydrogens (tertiary/aromatic N) is 5. The summed E-state index contributed by atoms with van der Waals surface area (Å²) in [4.78, 5) is 24.3. The van der Waals surface area contributed by atoms with Crippen LogP contribution in [0.4, 0.5) is 29.5 Å². The summed E-state index contributed by atoms with van der Waals surface area (Å²) < 4.78 is 46.4. The topological polar surface area (TPSA) is 89.5 Å². The zero-order valence-corrected chi connectivity index (χ0v) is 18.7. The van der Waals surface area contributed by atoms with E-state index in [4.69, 9.17) is 5.73 Å². The molecule has 2 N–H and O–H groups in total. The molecular formula is C24H21F3N6O2. The van der Waals surface area contributed by atoms with Crippen LogP contribution in [0, 0.1) is 5.82 Å². The minimum atomic E-state index is -2.93. The third-order valence-electron chi connectivity index (χ3n) is 5.93. The molecule has 1 aliphatic heterocycles. The number of benzene rings is 2. The lowest BCUT2D eigenvalue weighted by atomic mass is 10.0. The van der Waals surface area contributed by atoms with Crippen LogP contribution in [0.25, 0.3) is 22.2 Å². The first-order chi connectivity index (χ1) is 16.8. The Hall–Kier alpha value is -4.28. The van der Waals surface area contributed by atoms with E-state index in [0.29, 0.717) is 46.5 Å². The van der Waals surface area contributed by atoms with Crippen LogP contribution < -0.4 is 15.4 Å². The van der Waals surface area contributed by atoms with Crippen molar-refractivity contribution in [3.8, 4) is 16.9 Å². The number of carbonyl (C=O) groups excluding carboxylic acids is 1. The first-order valence-corrected chi connectivity index (χ1v) is 10.8. The van der Waals surface area contributed by atoms with Crippen LogP contribution in [0.5, 0.6) is 5.75 Å². The number of hydrogen-bond acceptors (Lipinski definition) is 5. The number of rotatable bonds is 6. The molecule has 180 valence electrons. The highest BCUT2D eigenvalue weighted by molar-refractivity contribution is 6.01. The van der Waals surface area contributed by atoms with Crippen LogP contribution in [0.2, 0.25) is 0 Å². The van der Waals surface area contributed by atoms with Crippen molar-refractivity contribution < 1.29 is 22.7 Å². The van der Waals surface area contributed by atoms with Gasteiger partial charge in [0, 0.05) is 49.7 Å². The first-order valence-electron chi connectivity index (χ1n) is 10.8. The molecule has 0 aliphatic carbocycles. The number of hydrogen-bond donors (Lipinski definition) is 1. The molecule has 4 aromatic rings. The quantitative estimate of drug-likeness (QED) is 0.440. The van der Waals surface area contributed by atoms with E-state index in [9.17, 15) is 13.6 Å². The van der Waals surface area contributed by atoms with Crippen molar-refractivity contribution >= 4 is 28.6 Å². The number of ether oxygens (including phenoxy) is 1. The number of anilines is 2. The van der Waals surface area contributed by atoms with Crippen molar-refractivity contribution in [1.82, 2.24) is 19.4 Å². The molecule has 1 saturated heterocycles. The molecule has 3 heterocycles. The summed E-state index contributed by atoms with van der Waals surface area (Å²) in [5.74, 6) is -0.234. The highest BCUT2D eigenvalue weighted by Crippen LogP contribution is 2.35. The number of alkyl halides is 2. The summed E-state index contributed by atoms with van der Waals surface area (Å²) in [5, 5.41) is 0.558. The number of halogens is 3. The summed E-state index contributed by atoms with van der Waals surface area (Å²) in [6.45, 7) is -1.95. The third kappa shape index (κ3) is 4.20. The largest absolute Gasteiger partial charge is 0.435 e. The Morgan fingerprint density at radius 2 is 1.94 bits per heavy atom. The van der Waals surface area contributed by atoms with E-state index in [-0.39, 0.29) is 24.1 Å². The fourth-order valence-corrected chi connectivity index (χ4v) is 4.34. The van der Waals surface area contributed by atoms with E-state index in [1.165, 1.54) is 29.4 Å². The lowest BCUT2D eigenvalue weighted by molar-refractivity contribution is -0.0499. The summed E-state index contributed by atoms with van der Waals surface area (Å²) >= 11 is 0. The minimum absolute atomic E-state index is 0.0261. The summed E-state index contributed by atoms with van der Waals surface area (Å²) in [7, 11) is 1.79. The van der Waals surface area contributed by atoms with Gasteiger partial charge in [0.05, 0.1) is 5.39 Å². The van der Waals surface area contributed by atoms with E-state index < -0.39 is 12.4 Å². The number of urea groups is 1. The number of aromatic nitrogens is 3. The Morgan fingerprint density at radius 1 is 1.11 bits per heavy atom. The predicted octanol–water partition coefficient (Wildman–Crippen LogP) is 4.40. The normalized spacial score (nSPS) is 13.9.